The van der Waals surface area contributed by atoms with E-state index in [2.05, 4.69) is 109 Å². The summed E-state index contributed by atoms with van der Waals surface area (Å²) in [6.07, 6.45) is 39.6. The predicted molar refractivity (Wildman–Crippen MR) is 276 cm³/mol. The van der Waals surface area contributed by atoms with Crippen molar-refractivity contribution in [3.05, 3.63) is 97.2 Å². The summed E-state index contributed by atoms with van der Waals surface area (Å²) in [5.74, 6) is -0.233. The minimum atomic E-state index is -1.78. The number of aliphatic hydroxyl groups is 8. The van der Waals surface area contributed by atoms with Crippen LogP contribution in [0.2, 0.25) is 0 Å². The van der Waals surface area contributed by atoms with E-state index in [-0.39, 0.29) is 18.9 Å². The number of amides is 1. The van der Waals surface area contributed by atoms with Gasteiger partial charge in [0, 0.05) is 6.42 Å². The Balaban J connectivity index is 1.57. The number of carbonyl (C=O) groups excluding carboxylic acids is 1. The van der Waals surface area contributed by atoms with Gasteiger partial charge in [-0.15, -0.1) is 0 Å². The Kier molecular flexibility index (Phi) is 37.3. The van der Waals surface area contributed by atoms with Crippen molar-refractivity contribution in [2.24, 2.45) is 0 Å². The van der Waals surface area contributed by atoms with Gasteiger partial charge in [-0.3, -0.25) is 4.79 Å². The van der Waals surface area contributed by atoms with E-state index < -0.39 is 86.8 Å². The Morgan fingerprint density at radius 2 is 0.986 bits per heavy atom. The molecule has 2 saturated heterocycles. The zero-order chi connectivity index (χ0) is 51.0. The standard InChI is InChI=1S/C56H93NO13/c1-3-5-7-8-9-10-11-12-13-14-15-16-17-18-19-20-21-22-23-24-25-26-27-28-29-30-31-32-33-34-35-36-38-40-48(61)57-44(45(60)39-37-6-4-2)43-67-55-53(66)51(64)54(47(42-59)69-55)70-56-52(65)50(63)49(62)46(41-58)68-56/h5,7,9-10,12-13,15-16,18-19,21-22,24-25,27-28,44-47,49-56,58-60,62-66H,3-4,6,8,11,14,17,20,23,26,29-43H2,1-2H3,(H,57,61)/b7-5-,10-9-,13-12-,16-15-,19-18-,22-21-,25-24-,28-27-. The van der Waals surface area contributed by atoms with Crippen molar-refractivity contribution < 1.29 is 64.6 Å². The highest BCUT2D eigenvalue weighted by atomic mass is 16.7. The molecule has 14 nitrogen and oxygen atoms in total. The molecule has 400 valence electrons. The highest BCUT2D eigenvalue weighted by Gasteiger charge is 2.51. The Morgan fingerprint density at radius 3 is 1.49 bits per heavy atom. The van der Waals surface area contributed by atoms with Crippen LogP contribution in [-0.2, 0) is 23.7 Å². The molecule has 0 aromatic rings. The van der Waals surface area contributed by atoms with Gasteiger partial charge in [0.2, 0.25) is 5.91 Å². The third kappa shape index (κ3) is 27.7. The molecule has 14 heteroatoms. The molecule has 70 heavy (non-hydrogen) atoms. The van der Waals surface area contributed by atoms with Gasteiger partial charge in [0.15, 0.2) is 12.6 Å². The van der Waals surface area contributed by atoms with Crippen molar-refractivity contribution in [1.82, 2.24) is 5.32 Å². The van der Waals surface area contributed by atoms with Gasteiger partial charge < -0.3 is 65.1 Å². The molecule has 0 aromatic carbocycles. The van der Waals surface area contributed by atoms with E-state index in [1.54, 1.807) is 0 Å². The fourth-order valence-corrected chi connectivity index (χ4v) is 8.01. The summed E-state index contributed by atoms with van der Waals surface area (Å²) in [7, 11) is 0. The van der Waals surface area contributed by atoms with Crippen molar-refractivity contribution in [1.29, 1.82) is 0 Å². The third-order valence-corrected chi connectivity index (χ3v) is 12.3. The maximum absolute atomic E-state index is 13.0. The summed E-state index contributed by atoms with van der Waals surface area (Å²) in [5, 5.41) is 86.0. The van der Waals surface area contributed by atoms with Crippen molar-refractivity contribution >= 4 is 5.91 Å². The number of allylic oxidation sites excluding steroid dienone is 16. The van der Waals surface area contributed by atoms with Crippen molar-refractivity contribution in [3.63, 3.8) is 0 Å². The molecule has 0 radical (unpaired) electrons. The molecule has 2 rings (SSSR count). The van der Waals surface area contributed by atoms with Crippen LogP contribution in [0.1, 0.15) is 155 Å². The minimum absolute atomic E-state index is 0.233. The molecular weight excluding hydrogens is 895 g/mol. The number of nitrogens with one attached hydrogen (secondary N) is 1. The number of aliphatic hydroxyl groups excluding tert-OH is 8. The zero-order valence-corrected chi connectivity index (χ0v) is 42.5. The fraction of sp³-hybridized carbons (Fsp3) is 0.696. The molecule has 12 unspecified atom stereocenters. The lowest BCUT2D eigenvalue weighted by molar-refractivity contribution is -0.359. The number of ether oxygens (including phenoxy) is 4. The first-order chi connectivity index (χ1) is 34.1. The normalized spacial score (nSPS) is 26.8. The lowest BCUT2D eigenvalue weighted by Crippen LogP contribution is -2.65. The van der Waals surface area contributed by atoms with Crippen molar-refractivity contribution in [2.45, 2.75) is 229 Å². The van der Waals surface area contributed by atoms with E-state index in [9.17, 15) is 45.6 Å². The molecule has 0 saturated carbocycles. The summed E-state index contributed by atoms with van der Waals surface area (Å²) in [4.78, 5) is 13.0. The van der Waals surface area contributed by atoms with Gasteiger partial charge in [0.05, 0.1) is 32.0 Å². The van der Waals surface area contributed by atoms with Gasteiger partial charge in [-0.1, -0.05) is 169 Å². The molecule has 0 spiro atoms. The molecule has 0 aliphatic carbocycles. The second-order valence-corrected chi connectivity index (χ2v) is 18.3. The van der Waals surface area contributed by atoms with Crippen molar-refractivity contribution in [3.8, 4) is 0 Å². The topological polar surface area (TPSA) is 228 Å². The molecule has 12 atom stereocenters. The molecule has 1 amide bonds. The van der Waals surface area contributed by atoms with E-state index in [1.165, 1.54) is 19.3 Å². The van der Waals surface area contributed by atoms with Crippen LogP contribution < -0.4 is 5.32 Å². The second kappa shape index (κ2) is 41.4. The average Bonchev–Trinajstić information content (AvgIpc) is 3.36. The maximum Gasteiger partial charge on any atom is 0.220 e. The van der Waals surface area contributed by atoms with Crippen LogP contribution in [0.25, 0.3) is 0 Å². The highest BCUT2D eigenvalue weighted by molar-refractivity contribution is 5.76. The fourth-order valence-electron chi connectivity index (χ4n) is 8.01. The molecule has 0 aromatic heterocycles. The van der Waals surface area contributed by atoms with Crippen LogP contribution in [-0.4, -0.2) is 140 Å². The Bertz CT molecular complexity index is 1540. The Hall–Kier alpha value is -3.09. The van der Waals surface area contributed by atoms with Crippen LogP contribution in [0, 0.1) is 0 Å². The molecule has 2 fully saturated rings. The molecule has 2 heterocycles. The average molecular weight is 988 g/mol. The van der Waals surface area contributed by atoms with E-state index in [0.717, 1.165) is 103 Å². The molecule has 2 aliphatic rings. The molecule has 0 bridgehead atoms. The first-order valence-corrected chi connectivity index (χ1v) is 26.5. The quantitative estimate of drug-likeness (QED) is 0.0215. The number of unbranched alkanes of at least 4 members (excludes halogenated alkanes) is 10. The van der Waals surface area contributed by atoms with Gasteiger partial charge in [-0.25, -0.2) is 0 Å². The summed E-state index contributed by atoms with van der Waals surface area (Å²) >= 11 is 0. The highest BCUT2D eigenvalue weighted by Crippen LogP contribution is 2.30. The van der Waals surface area contributed by atoms with Crippen LogP contribution in [0.15, 0.2) is 97.2 Å². The van der Waals surface area contributed by atoms with E-state index in [4.69, 9.17) is 18.9 Å². The van der Waals surface area contributed by atoms with Crippen molar-refractivity contribution in [2.75, 3.05) is 19.8 Å². The summed E-state index contributed by atoms with van der Waals surface area (Å²) in [6.45, 7) is 2.52. The van der Waals surface area contributed by atoms with Gasteiger partial charge in [0.25, 0.3) is 0 Å². The smallest absolute Gasteiger partial charge is 0.220 e. The van der Waals surface area contributed by atoms with E-state index in [0.29, 0.717) is 12.8 Å². The van der Waals surface area contributed by atoms with Crippen LogP contribution in [0.4, 0.5) is 0 Å². The lowest BCUT2D eigenvalue weighted by Gasteiger charge is -2.46. The van der Waals surface area contributed by atoms with Gasteiger partial charge in [-0.05, 0) is 77.0 Å². The number of hydrogen-bond donors (Lipinski definition) is 9. The van der Waals surface area contributed by atoms with E-state index in [1.807, 2.05) is 6.92 Å². The van der Waals surface area contributed by atoms with E-state index >= 15 is 0 Å². The molecular formula is C56H93NO13. The second-order valence-electron chi connectivity index (χ2n) is 18.3. The van der Waals surface area contributed by atoms with Crippen LogP contribution >= 0.6 is 0 Å². The van der Waals surface area contributed by atoms with Gasteiger partial charge in [-0.2, -0.15) is 0 Å². The SMILES string of the molecule is CC/C=C\C/C=C\C/C=C\C/C=C\C/C=C\C/C=C\C/C=C\C/C=C\CCCCCCCCCCC(=O)NC(COC1OC(CO)C(OC2OC(CO)C(O)C(O)C2O)C(O)C1O)C(O)CCCCC. The first kappa shape index (κ1) is 63.0. The number of hydrogen-bond acceptors (Lipinski definition) is 13. The lowest BCUT2D eigenvalue weighted by atomic mass is 9.97. The predicted octanol–water partition coefficient (Wildman–Crippen LogP) is 7.54. The Morgan fingerprint density at radius 1 is 0.529 bits per heavy atom. The largest absolute Gasteiger partial charge is 0.394 e. The maximum atomic E-state index is 13.0. The summed E-state index contributed by atoms with van der Waals surface area (Å²) in [6, 6.07) is -0.835. The zero-order valence-electron chi connectivity index (χ0n) is 42.5. The monoisotopic (exact) mass is 988 g/mol. The summed E-state index contributed by atoms with van der Waals surface area (Å²) < 4.78 is 22.5. The summed E-state index contributed by atoms with van der Waals surface area (Å²) in [5.41, 5.74) is 0. The number of rotatable bonds is 39. The molecule has 9 N–H and O–H groups in total. The molecule has 2 aliphatic heterocycles. The van der Waals surface area contributed by atoms with Gasteiger partial charge in [0.1, 0.15) is 48.8 Å². The first-order valence-electron chi connectivity index (χ1n) is 26.5. The minimum Gasteiger partial charge on any atom is -0.394 e. The van der Waals surface area contributed by atoms with Gasteiger partial charge >= 0.3 is 0 Å². The number of carbonyl (C=O) groups is 1. The third-order valence-electron chi connectivity index (χ3n) is 12.3. The van der Waals surface area contributed by atoms with Crippen LogP contribution in [0.3, 0.4) is 0 Å². The van der Waals surface area contributed by atoms with Crippen LogP contribution in [0.5, 0.6) is 0 Å². The Labute approximate surface area is 420 Å².